The average molecular weight is 241 g/mol. The number of hydrogen-bond acceptors (Lipinski definition) is 5. The SMILES string of the molecule is CCOC(=O)C(=CC1CCCN1)C(=O)OCC. The van der Waals surface area contributed by atoms with Gasteiger partial charge in [-0.05, 0) is 39.3 Å². The Bertz CT molecular complexity index is 286. The van der Waals surface area contributed by atoms with Crippen LogP contribution in [0.3, 0.4) is 0 Å². The van der Waals surface area contributed by atoms with Gasteiger partial charge in [-0.3, -0.25) is 0 Å². The van der Waals surface area contributed by atoms with Crippen molar-refractivity contribution in [3.63, 3.8) is 0 Å². The lowest BCUT2D eigenvalue weighted by Gasteiger charge is -2.09. The van der Waals surface area contributed by atoms with Crippen LogP contribution >= 0.6 is 0 Å². The molecule has 96 valence electrons. The number of ether oxygens (including phenoxy) is 2. The van der Waals surface area contributed by atoms with Crippen molar-refractivity contribution >= 4 is 11.9 Å². The molecule has 0 aromatic rings. The first-order chi connectivity index (χ1) is 8.19. The van der Waals surface area contributed by atoms with Gasteiger partial charge in [0, 0.05) is 6.04 Å². The van der Waals surface area contributed by atoms with E-state index in [-0.39, 0.29) is 24.8 Å². The zero-order valence-electron chi connectivity index (χ0n) is 10.3. The third kappa shape index (κ3) is 4.19. The van der Waals surface area contributed by atoms with E-state index in [0.717, 1.165) is 19.4 Å². The zero-order chi connectivity index (χ0) is 12.7. The molecule has 1 unspecified atom stereocenters. The van der Waals surface area contributed by atoms with Crippen molar-refractivity contribution in [2.45, 2.75) is 32.7 Å². The summed E-state index contributed by atoms with van der Waals surface area (Å²) in [6.07, 6.45) is 3.57. The predicted molar refractivity (Wildman–Crippen MR) is 62.4 cm³/mol. The van der Waals surface area contributed by atoms with Gasteiger partial charge in [-0.25, -0.2) is 9.59 Å². The highest BCUT2D eigenvalue weighted by molar-refractivity contribution is 6.14. The van der Waals surface area contributed by atoms with Gasteiger partial charge in [-0.1, -0.05) is 0 Å². The molecule has 1 aliphatic rings. The van der Waals surface area contributed by atoms with Gasteiger partial charge in [0.25, 0.3) is 0 Å². The Labute approximate surface area is 101 Å². The Morgan fingerprint density at radius 1 is 1.24 bits per heavy atom. The maximum absolute atomic E-state index is 11.6. The highest BCUT2D eigenvalue weighted by atomic mass is 16.6. The molecule has 1 N–H and O–H groups in total. The fourth-order valence-electron chi connectivity index (χ4n) is 1.69. The van der Waals surface area contributed by atoms with Gasteiger partial charge in [0.15, 0.2) is 0 Å². The Morgan fingerprint density at radius 2 is 1.82 bits per heavy atom. The summed E-state index contributed by atoms with van der Waals surface area (Å²) < 4.78 is 9.69. The van der Waals surface area contributed by atoms with E-state index in [2.05, 4.69) is 5.32 Å². The monoisotopic (exact) mass is 241 g/mol. The molecular weight excluding hydrogens is 222 g/mol. The summed E-state index contributed by atoms with van der Waals surface area (Å²) in [7, 11) is 0. The number of carbonyl (C=O) groups excluding carboxylic acids is 2. The molecule has 1 atom stereocenters. The summed E-state index contributed by atoms with van der Waals surface area (Å²) in [5.74, 6) is -1.22. The Hall–Kier alpha value is -1.36. The van der Waals surface area contributed by atoms with Crippen LogP contribution in [-0.2, 0) is 19.1 Å². The minimum absolute atomic E-state index is 0.00639. The van der Waals surface area contributed by atoms with Crippen LogP contribution in [0.4, 0.5) is 0 Å². The molecule has 1 heterocycles. The lowest BCUT2D eigenvalue weighted by atomic mass is 10.1. The first-order valence-corrected chi connectivity index (χ1v) is 5.98. The molecule has 0 aromatic heterocycles. The fraction of sp³-hybridized carbons (Fsp3) is 0.667. The summed E-state index contributed by atoms with van der Waals surface area (Å²) in [6, 6.07) is 0.0545. The van der Waals surface area contributed by atoms with Gasteiger partial charge in [-0.15, -0.1) is 0 Å². The van der Waals surface area contributed by atoms with Gasteiger partial charge in [0.1, 0.15) is 5.57 Å². The van der Waals surface area contributed by atoms with Crippen molar-refractivity contribution in [1.29, 1.82) is 0 Å². The van der Waals surface area contributed by atoms with Gasteiger partial charge < -0.3 is 14.8 Å². The highest BCUT2D eigenvalue weighted by Crippen LogP contribution is 2.11. The minimum atomic E-state index is -0.611. The molecule has 5 nitrogen and oxygen atoms in total. The van der Waals surface area contributed by atoms with E-state index in [1.807, 2.05) is 0 Å². The minimum Gasteiger partial charge on any atom is -0.462 e. The number of carbonyl (C=O) groups is 2. The first-order valence-electron chi connectivity index (χ1n) is 5.98. The summed E-state index contributed by atoms with van der Waals surface area (Å²) in [6.45, 7) is 4.80. The van der Waals surface area contributed by atoms with E-state index in [0.29, 0.717) is 0 Å². The molecule has 1 aliphatic heterocycles. The smallest absolute Gasteiger partial charge is 0.345 e. The molecule has 0 bridgehead atoms. The maximum atomic E-state index is 11.6. The lowest BCUT2D eigenvalue weighted by Crippen LogP contribution is -2.24. The molecule has 5 heteroatoms. The Balaban J connectivity index is 2.76. The average Bonchev–Trinajstić information content (AvgIpc) is 2.79. The van der Waals surface area contributed by atoms with E-state index in [4.69, 9.17) is 9.47 Å². The van der Waals surface area contributed by atoms with Crippen LogP contribution in [0.2, 0.25) is 0 Å². The van der Waals surface area contributed by atoms with Crippen LogP contribution in [0.15, 0.2) is 11.6 Å². The fourth-order valence-corrected chi connectivity index (χ4v) is 1.69. The van der Waals surface area contributed by atoms with Crippen molar-refractivity contribution in [2.75, 3.05) is 19.8 Å². The largest absolute Gasteiger partial charge is 0.462 e. The maximum Gasteiger partial charge on any atom is 0.345 e. The molecule has 1 fully saturated rings. The van der Waals surface area contributed by atoms with E-state index in [9.17, 15) is 9.59 Å². The van der Waals surface area contributed by atoms with Gasteiger partial charge in [-0.2, -0.15) is 0 Å². The Kier molecular flexibility index (Phi) is 5.69. The molecule has 1 saturated heterocycles. The van der Waals surface area contributed by atoms with Crippen molar-refractivity contribution in [3.8, 4) is 0 Å². The normalized spacial score (nSPS) is 18.6. The van der Waals surface area contributed by atoms with Crippen LogP contribution in [0, 0.1) is 0 Å². The van der Waals surface area contributed by atoms with Crippen molar-refractivity contribution in [1.82, 2.24) is 5.32 Å². The van der Waals surface area contributed by atoms with Crippen LogP contribution in [-0.4, -0.2) is 37.7 Å². The Morgan fingerprint density at radius 3 is 2.24 bits per heavy atom. The van der Waals surface area contributed by atoms with Crippen LogP contribution in [0.5, 0.6) is 0 Å². The van der Waals surface area contributed by atoms with Crippen LogP contribution < -0.4 is 5.32 Å². The predicted octanol–water partition coefficient (Wildman–Crippen LogP) is 0.791. The quantitative estimate of drug-likeness (QED) is 0.334. The summed E-state index contributed by atoms with van der Waals surface area (Å²) >= 11 is 0. The lowest BCUT2D eigenvalue weighted by molar-refractivity contribution is -0.146. The van der Waals surface area contributed by atoms with Crippen LogP contribution in [0.25, 0.3) is 0 Å². The third-order valence-corrected chi connectivity index (χ3v) is 2.46. The number of rotatable bonds is 5. The second-order valence-corrected chi connectivity index (χ2v) is 3.72. The first kappa shape index (κ1) is 13.7. The van der Waals surface area contributed by atoms with E-state index in [1.165, 1.54) is 0 Å². The molecule has 1 rings (SSSR count). The summed E-state index contributed by atoms with van der Waals surface area (Å²) in [5, 5.41) is 3.19. The van der Waals surface area contributed by atoms with E-state index >= 15 is 0 Å². The van der Waals surface area contributed by atoms with E-state index in [1.54, 1.807) is 19.9 Å². The van der Waals surface area contributed by atoms with Crippen molar-refractivity contribution in [2.24, 2.45) is 0 Å². The second kappa shape index (κ2) is 7.06. The van der Waals surface area contributed by atoms with Crippen molar-refractivity contribution < 1.29 is 19.1 Å². The number of nitrogens with one attached hydrogen (secondary N) is 1. The number of esters is 2. The molecular formula is C12H19NO4. The van der Waals surface area contributed by atoms with Gasteiger partial charge in [0.2, 0.25) is 0 Å². The van der Waals surface area contributed by atoms with Crippen molar-refractivity contribution in [3.05, 3.63) is 11.6 Å². The molecule has 17 heavy (non-hydrogen) atoms. The zero-order valence-corrected chi connectivity index (χ0v) is 10.3. The standard InChI is InChI=1S/C12H19NO4/c1-3-16-11(14)10(12(15)17-4-2)8-9-6-5-7-13-9/h8-9,13H,3-7H2,1-2H3. The molecule has 0 amide bonds. The summed E-state index contributed by atoms with van der Waals surface area (Å²) in [4.78, 5) is 23.3. The van der Waals surface area contributed by atoms with E-state index < -0.39 is 11.9 Å². The topological polar surface area (TPSA) is 64.6 Å². The molecule has 0 spiro atoms. The van der Waals surface area contributed by atoms with Crippen LogP contribution in [0.1, 0.15) is 26.7 Å². The molecule has 0 aliphatic carbocycles. The van der Waals surface area contributed by atoms with Gasteiger partial charge in [0.05, 0.1) is 13.2 Å². The number of hydrogen-bond donors (Lipinski definition) is 1. The van der Waals surface area contributed by atoms with Gasteiger partial charge >= 0.3 is 11.9 Å². The summed E-state index contributed by atoms with van der Waals surface area (Å²) in [5.41, 5.74) is -0.00639. The molecule has 0 saturated carbocycles. The third-order valence-electron chi connectivity index (χ3n) is 2.46. The highest BCUT2D eigenvalue weighted by Gasteiger charge is 2.23. The molecule has 0 radical (unpaired) electrons. The second-order valence-electron chi connectivity index (χ2n) is 3.72. The molecule has 0 aromatic carbocycles.